The van der Waals surface area contributed by atoms with Crippen molar-refractivity contribution in [2.45, 2.75) is 25.4 Å². The Morgan fingerprint density at radius 2 is 2.05 bits per heavy atom. The summed E-state index contributed by atoms with van der Waals surface area (Å²) in [4.78, 5) is 18.6. The topological polar surface area (TPSA) is 91.8 Å². The summed E-state index contributed by atoms with van der Waals surface area (Å²) < 4.78 is 0. The van der Waals surface area contributed by atoms with E-state index in [1.54, 1.807) is 6.92 Å². The summed E-state index contributed by atoms with van der Waals surface area (Å²) in [7, 11) is 0. The number of hydrogen-bond acceptors (Lipinski definition) is 4. The smallest absolute Gasteiger partial charge is 0.264 e. The van der Waals surface area contributed by atoms with Gasteiger partial charge in [-0.05, 0) is 18.9 Å². The number of nitrogens with one attached hydrogen (secondary N) is 1. The minimum absolute atomic E-state index is 0.366. The first-order valence-electron chi connectivity index (χ1n) is 6.99. The Bertz CT molecular complexity index is 619. The zero-order valence-electron chi connectivity index (χ0n) is 11.9. The molecule has 1 fully saturated rings. The lowest BCUT2D eigenvalue weighted by atomic mass is 9.95. The second kappa shape index (κ2) is 4.87. The lowest BCUT2D eigenvalue weighted by Crippen LogP contribution is -2.42. The number of rotatable bonds is 3. The first-order chi connectivity index (χ1) is 9.99. The second-order valence-corrected chi connectivity index (χ2v) is 5.67. The number of nitrogens with zero attached hydrogens (tertiary/aromatic N) is 2. The van der Waals surface area contributed by atoms with E-state index in [4.69, 9.17) is 16.0 Å². The van der Waals surface area contributed by atoms with E-state index in [2.05, 4.69) is 5.16 Å². The fourth-order valence-electron chi connectivity index (χ4n) is 2.37. The van der Waals surface area contributed by atoms with Crippen LogP contribution in [0.4, 0.5) is 0 Å². The molecule has 0 radical (unpaired) electrons. The molecular weight excluding hydrogens is 268 g/mol. The van der Waals surface area contributed by atoms with Gasteiger partial charge in [-0.2, -0.15) is 0 Å². The number of amidine groups is 1. The van der Waals surface area contributed by atoms with Crippen LogP contribution >= 0.6 is 0 Å². The minimum Gasteiger partial charge on any atom is -0.379 e. The molecule has 0 saturated carbocycles. The molecule has 0 aromatic heterocycles. The van der Waals surface area contributed by atoms with Crippen molar-refractivity contribution in [3.05, 3.63) is 35.4 Å². The molecule has 2 aliphatic rings. The molecule has 1 atom stereocenters. The van der Waals surface area contributed by atoms with Gasteiger partial charge < -0.3 is 15.5 Å². The van der Waals surface area contributed by atoms with Gasteiger partial charge >= 0.3 is 0 Å². The van der Waals surface area contributed by atoms with Crippen molar-refractivity contribution in [3.63, 3.8) is 0 Å². The van der Waals surface area contributed by atoms with E-state index in [0.717, 1.165) is 30.6 Å². The fraction of sp³-hybridized carbons (Fsp3) is 0.400. The molecule has 6 nitrogen and oxygen atoms in total. The molecule has 110 valence electrons. The number of oxime groups is 1. The second-order valence-electron chi connectivity index (χ2n) is 5.67. The van der Waals surface area contributed by atoms with Crippen LogP contribution in [0, 0.1) is 5.41 Å². The average Bonchev–Trinajstić information content (AvgIpc) is 2.81. The molecule has 21 heavy (non-hydrogen) atoms. The molecule has 6 heteroatoms. The van der Waals surface area contributed by atoms with Crippen LogP contribution in [0.1, 0.15) is 30.9 Å². The summed E-state index contributed by atoms with van der Waals surface area (Å²) >= 11 is 0. The summed E-state index contributed by atoms with van der Waals surface area (Å²) in [5.74, 6) is 0.0387. The molecule has 1 unspecified atom stereocenters. The summed E-state index contributed by atoms with van der Waals surface area (Å²) in [5.41, 5.74) is 6.74. The van der Waals surface area contributed by atoms with E-state index in [1.807, 2.05) is 29.2 Å². The predicted octanol–water partition coefficient (Wildman–Crippen LogP) is 1.09. The maximum Gasteiger partial charge on any atom is 0.264 e. The zero-order valence-corrected chi connectivity index (χ0v) is 11.9. The minimum atomic E-state index is -1.06. The van der Waals surface area contributed by atoms with Crippen LogP contribution in [-0.4, -0.2) is 41.0 Å². The van der Waals surface area contributed by atoms with Crippen LogP contribution < -0.4 is 5.73 Å². The number of nitrogens with two attached hydrogens (primary N) is 1. The Morgan fingerprint density at radius 3 is 2.52 bits per heavy atom. The Labute approximate surface area is 123 Å². The molecule has 1 aromatic rings. The lowest BCUT2D eigenvalue weighted by Gasteiger charge is -2.33. The number of hydrogen-bond donors (Lipinski definition) is 2. The van der Waals surface area contributed by atoms with Crippen LogP contribution in [0.5, 0.6) is 0 Å². The van der Waals surface area contributed by atoms with E-state index in [0.29, 0.717) is 18.0 Å². The maximum absolute atomic E-state index is 11.3. The van der Waals surface area contributed by atoms with Gasteiger partial charge in [-0.3, -0.25) is 10.2 Å². The van der Waals surface area contributed by atoms with Gasteiger partial charge in [0.25, 0.3) is 5.91 Å². The van der Waals surface area contributed by atoms with E-state index in [1.165, 1.54) is 0 Å². The highest BCUT2D eigenvalue weighted by Gasteiger charge is 2.40. The van der Waals surface area contributed by atoms with Crippen molar-refractivity contribution in [2.24, 2.45) is 10.9 Å². The molecular formula is C15H18N4O2. The van der Waals surface area contributed by atoms with E-state index in [9.17, 15) is 4.79 Å². The molecule has 3 N–H and O–H groups in total. The number of carbonyl (C=O) groups is 1. The van der Waals surface area contributed by atoms with Gasteiger partial charge in [0.05, 0.1) is 5.71 Å². The Morgan fingerprint density at radius 1 is 1.38 bits per heavy atom. The average molecular weight is 286 g/mol. The number of primary amides is 1. The molecule has 2 heterocycles. The van der Waals surface area contributed by atoms with Crippen molar-refractivity contribution in [1.29, 1.82) is 5.41 Å². The van der Waals surface area contributed by atoms with E-state index >= 15 is 0 Å². The van der Waals surface area contributed by atoms with Crippen LogP contribution in [0.3, 0.4) is 0 Å². The standard InChI is InChI=1S/C15H18N4O2/c1-15(14(17)20)9-12(18-21-15)10-3-5-11(6-4-10)13(16)19-7-2-8-19/h3-6,16H,2,7-9H2,1H3,(H2,17,20). The van der Waals surface area contributed by atoms with Gasteiger partial charge in [0.2, 0.25) is 5.60 Å². The van der Waals surface area contributed by atoms with Crippen molar-refractivity contribution in [3.8, 4) is 0 Å². The van der Waals surface area contributed by atoms with Crippen molar-refractivity contribution in [1.82, 2.24) is 4.90 Å². The van der Waals surface area contributed by atoms with Crippen LogP contribution in [0.15, 0.2) is 29.4 Å². The van der Waals surface area contributed by atoms with Gasteiger partial charge in [0.15, 0.2) is 0 Å². The Balaban J connectivity index is 1.73. The summed E-state index contributed by atoms with van der Waals surface area (Å²) in [6, 6.07) is 7.61. The lowest BCUT2D eigenvalue weighted by molar-refractivity contribution is -0.138. The van der Waals surface area contributed by atoms with E-state index < -0.39 is 11.5 Å². The van der Waals surface area contributed by atoms with Gasteiger partial charge in [0.1, 0.15) is 5.84 Å². The summed E-state index contributed by atoms with van der Waals surface area (Å²) in [6.45, 7) is 3.55. The third-order valence-electron chi connectivity index (χ3n) is 4.05. The zero-order chi connectivity index (χ0) is 15.0. The van der Waals surface area contributed by atoms with Crippen LogP contribution in [0.25, 0.3) is 0 Å². The van der Waals surface area contributed by atoms with Gasteiger partial charge in [0, 0.05) is 25.1 Å². The quantitative estimate of drug-likeness (QED) is 0.643. The van der Waals surface area contributed by atoms with Crippen LogP contribution in [-0.2, 0) is 9.63 Å². The molecule has 2 aliphatic heterocycles. The van der Waals surface area contributed by atoms with E-state index in [-0.39, 0.29) is 0 Å². The molecule has 0 aliphatic carbocycles. The predicted molar refractivity (Wildman–Crippen MR) is 79.3 cm³/mol. The highest BCUT2D eigenvalue weighted by atomic mass is 16.7. The Hall–Kier alpha value is -2.37. The van der Waals surface area contributed by atoms with Crippen molar-refractivity contribution in [2.75, 3.05) is 13.1 Å². The highest BCUT2D eigenvalue weighted by molar-refractivity contribution is 6.06. The maximum atomic E-state index is 11.3. The third-order valence-corrected chi connectivity index (χ3v) is 4.05. The number of likely N-dealkylation sites (tertiary alicyclic amines) is 1. The number of carbonyl (C=O) groups excluding carboxylic acids is 1. The molecule has 1 amide bonds. The molecule has 3 rings (SSSR count). The monoisotopic (exact) mass is 286 g/mol. The number of benzene rings is 1. The first-order valence-corrected chi connectivity index (χ1v) is 6.99. The molecule has 0 spiro atoms. The summed E-state index contributed by atoms with van der Waals surface area (Å²) in [5, 5.41) is 12.1. The number of amides is 1. The normalized spacial score (nSPS) is 24.0. The van der Waals surface area contributed by atoms with Gasteiger partial charge in [-0.25, -0.2) is 0 Å². The first kappa shape index (κ1) is 13.6. The SMILES string of the molecule is CC1(C(N)=O)CC(c2ccc(C(=N)N3CCC3)cc2)=NO1. The van der Waals surface area contributed by atoms with Crippen LogP contribution in [0.2, 0.25) is 0 Å². The molecule has 0 bridgehead atoms. The Kier molecular flexibility index (Phi) is 3.16. The third kappa shape index (κ3) is 2.37. The summed E-state index contributed by atoms with van der Waals surface area (Å²) in [6.07, 6.45) is 1.52. The molecule has 1 aromatic carbocycles. The van der Waals surface area contributed by atoms with Crippen molar-refractivity contribution >= 4 is 17.5 Å². The van der Waals surface area contributed by atoms with Gasteiger partial charge in [-0.15, -0.1) is 0 Å². The van der Waals surface area contributed by atoms with Crippen molar-refractivity contribution < 1.29 is 9.63 Å². The van der Waals surface area contributed by atoms with Gasteiger partial charge in [-0.1, -0.05) is 29.4 Å². The largest absolute Gasteiger partial charge is 0.379 e. The molecule has 1 saturated heterocycles. The fourth-order valence-corrected chi connectivity index (χ4v) is 2.37. The highest BCUT2D eigenvalue weighted by Crippen LogP contribution is 2.26.